The predicted molar refractivity (Wildman–Crippen MR) is 128 cm³/mol. The highest BCUT2D eigenvalue weighted by atomic mass is 16.5. The van der Waals surface area contributed by atoms with Gasteiger partial charge in [0.25, 0.3) is 17.2 Å². The summed E-state index contributed by atoms with van der Waals surface area (Å²) >= 11 is 0. The molecule has 0 saturated carbocycles. The van der Waals surface area contributed by atoms with E-state index in [0.29, 0.717) is 54.9 Å². The van der Waals surface area contributed by atoms with Crippen LogP contribution in [0.4, 0.5) is 0 Å². The number of pyridine rings is 1. The number of aromatic nitrogens is 4. The first-order chi connectivity index (χ1) is 16.5. The van der Waals surface area contributed by atoms with E-state index in [1.807, 2.05) is 37.3 Å². The Labute approximate surface area is 197 Å². The van der Waals surface area contributed by atoms with E-state index < -0.39 is 6.04 Å². The van der Waals surface area contributed by atoms with Gasteiger partial charge in [-0.25, -0.2) is 0 Å². The highest BCUT2D eigenvalue weighted by Gasteiger charge is 2.30. The van der Waals surface area contributed by atoms with E-state index in [1.165, 1.54) is 0 Å². The normalized spacial score (nSPS) is 12.1. The number of benzene rings is 1. The summed E-state index contributed by atoms with van der Waals surface area (Å²) in [5.74, 6) is 0.288. The Bertz CT molecular complexity index is 1320. The van der Waals surface area contributed by atoms with Gasteiger partial charge in [0.05, 0.1) is 18.3 Å². The van der Waals surface area contributed by atoms with Crippen molar-refractivity contribution in [1.82, 2.24) is 24.6 Å². The zero-order chi connectivity index (χ0) is 24.1. The van der Waals surface area contributed by atoms with Crippen LogP contribution in [-0.4, -0.2) is 43.6 Å². The molecule has 0 aliphatic rings. The number of nitrogens with zero attached hydrogens (tertiary/aromatic N) is 5. The largest absolute Gasteiger partial charge is 0.335 e. The second kappa shape index (κ2) is 10.4. The van der Waals surface area contributed by atoms with Crippen molar-refractivity contribution >= 4 is 17.0 Å². The molecule has 1 unspecified atom stereocenters. The third-order valence-corrected chi connectivity index (χ3v) is 5.83. The number of carbonyl (C=O) groups excluding carboxylic acids is 1. The van der Waals surface area contributed by atoms with Crippen LogP contribution in [0.15, 0.2) is 64.2 Å². The van der Waals surface area contributed by atoms with Crippen molar-refractivity contribution in [2.24, 2.45) is 5.73 Å². The van der Waals surface area contributed by atoms with Crippen molar-refractivity contribution in [2.45, 2.75) is 39.3 Å². The molecular formula is C25H28N6O3. The van der Waals surface area contributed by atoms with Gasteiger partial charge in [-0.3, -0.25) is 19.1 Å². The smallest absolute Gasteiger partial charge is 0.267 e. The second-order valence-electron chi connectivity index (χ2n) is 8.10. The number of nitrogens with two attached hydrogens (primary N) is 1. The molecule has 0 radical (unpaired) electrons. The summed E-state index contributed by atoms with van der Waals surface area (Å²) in [4.78, 5) is 37.7. The lowest BCUT2D eigenvalue weighted by Crippen LogP contribution is -2.40. The van der Waals surface area contributed by atoms with Crippen molar-refractivity contribution in [3.63, 3.8) is 0 Å². The summed E-state index contributed by atoms with van der Waals surface area (Å²) in [6, 6.07) is 12.6. The van der Waals surface area contributed by atoms with Gasteiger partial charge >= 0.3 is 0 Å². The molecule has 0 saturated heterocycles. The molecule has 0 bridgehead atoms. The minimum Gasteiger partial charge on any atom is -0.335 e. The Morgan fingerprint density at radius 2 is 1.91 bits per heavy atom. The maximum atomic E-state index is 13.6. The average Bonchev–Trinajstić information content (AvgIpc) is 3.25. The highest BCUT2D eigenvalue weighted by Crippen LogP contribution is 2.27. The fourth-order valence-corrected chi connectivity index (χ4v) is 4.12. The lowest BCUT2D eigenvalue weighted by Gasteiger charge is -2.32. The molecule has 0 spiro atoms. The topological polar surface area (TPSA) is 120 Å². The van der Waals surface area contributed by atoms with Crippen molar-refractivity contribution in [3.05, 3.63) is 87.9 Å². The Kier molecular flexibility index (Phi) is 7.12. The van der Waals surface area contributed by atoms with Crippen LogP contribution in [0.25, 0.3) is 11.1 Å². The maximum absolute atomic E-state index is 13.6. The molecule has 2 N–H and O–H groups in total. The summed E-state index contributed by atoms with van der Waals surface area (Å²) in [5.41, 5.74) is 7.67. The molecule has 1 amide bonds. The van der Waals surface area contributed by atoms with Crippen LogP contribution in [0.1, 0.15) is 53.2 Å². The summed E-state index contributed by atoms with van der Waals surface area (Å²) in [7, 11) is 0. The molecule has 34 heavy (non-hydrogen) atoms. The standard InChI is InChI=1S/C25H28N6O3/c1-3-20(30(15-7-12-26)24(32)19-10-13-27-14-11-19)22-28-23-21(17(2)29-34-23)25(33)31(22)16-18-8-5-4-6-9-18/h4-6,8-11,13-14,20H,3,7,12,15-16,26H2,1-2H3. The molecule has 0 fully saturated rings. The van der Waals surface area contributed by atoms with Crippen molar-refractivity contribution in [3.8, 4) is 0 Å². The number of aryl methyl sites for hydroxylation is 1. The summed E-state index contributed by atoms with van der Waals surface area (Å²) in [6.07, 6.45) is 4.33. The van der Waals surface area contributed by atoms with Crippen molar-refractivity contribution in [2.75, 3.05) is 13.1 Å². The van der Waals surface area contributed by atoms with Gasteiger partial charge in [0.1, 0.15) is 11.2 Å². The van der Waals surface area contributed by atoms with E-state index in [0.717, 1.165) is 5.56 Å². The molecule has 9 heteroatoms. The van der Waals surface area contributed by atoms with E-state index in [2.05, 4.69) is 10.1 Å². The van der Waals surface area contributed by atoms with E-state index in [4.69, 9.17) is 15.2 Å². The first kappa shape index (κ1) is 23.3. The number of fused-ring (bicyclic) bond motifs is 1. The van der Waals surface area contributed by atoms with Gasteiger partial charge in [0.15, 0.2) is 0 Å². The second-order valence-corrected chi connectivity index (χ2v) is 8.10. The number of rotatable bonds is 9. The fourth-order valence-electron chi connectivity index (χ4n) is 4.12. The minimum atomic E-state index is -0.474. The lowest BCUT2D eigenvalue weighted by atomic mass is 10.1. The van der Waals surface area contributed by atoms with Crippen molar-refractivity contribution < 1.29 is 9.32 Å². The summed E-state index contributed by atoms with van der Waals surface area (Å²) < 4.78 is 7.00. The van der Waals surface area contributed by atoms with E-state index in [9.17, 15) is 9.59 Å². The first-order valence-corrected chi connectivity index (χ1v) is 11.4. The number of hydrogen-bond acceptors (Lipinski definition) is 7. The molecule has 3 heterocycles. The minimum absolute atomic E-state index is 0.169. The molecule has 1 atom stereocenters. The summed E-state index contributed by atoms with van der Waals surface area (Å²) in [5, 5.41) is 4.30. The third-order valence-electron chi connectivity index (χ3n) is 5.83. The van der Waals surface area contributed by atoms with Crippen LogP contribution in [-0.2, 0) is 6.54 Å². The van der Waals surface area contributed by atoms with Gasteiger partial charge in [-0.2, -0.15) is 4.98 Å². The van der Waals surface area contributed by atoms with Gasteiger partial charge in [0, 0.05) is 24.5 Å². The van der Waals surface area contributed by atoms with Gasteiger partial charge in [-0.05, 0) is 44.0 Å². The molecule has 4 rings (SSSR count). The summed E-state index contributed by atoms with van der Waals surface area (Å²) in [6.45, 7) is 4.85. The van der Waals surface area contributed by atoms with Crippen LogP contribution >= 0.6 is 0 Å². The van der Waals surface area contributed by atoms with Crippen LogP contribution in [0.2, 0.25) is 0 Å². The Hall–Kier alpha value is -3.85. The Morgan fingerprint density at radius 3 is 2.59 bits per heavy atom. The van der Waals surface area contributed by atoms with Gasteiger partial charge in [0.2, 0.25) is 0 Å². The zero-order valence-corrected chi connectivity index (χ0v) is 19.3. The van der Waals surface area contributed by atoms with Gasteiger partial charge in [-0.1, -0.05) is 42.4 Å². The van der Waals surface area contributed by atoms with Crippen LogP contribution in [0.5, 0.6) is 0 Å². The number of carbonyl (C=O) groups is 1. The van der Waals surface area contributed by atoms with E-state index >= 15 is 0 Å². The molecule has 176 valence electrons. The molecule has 1 aromatic carbocycles. The zero-order valence-electron chi connectivity index (χ0n) is 19.3. The quantitative estimate of drug-likeness (QED) is 0.407. The molecule has 4 aromatic rings. The maximum Gasteiger partial charge on any atom is 0.267 e. The SMILES string of the molecule is CCC(c1nc2onc(C)c2c(=O)n1Cc1ccccc1)N(CCCN)C(=O)c1ccncc1. The Morgan fingerprint density at radius 1 is 1.18 bits per heavy atom. The molecule has 0 aliphatic heterocycles. The van der Waals surface area contributed by atoms with Crippen LogP contribution in [0, 0.1) is 6.92 Å². The van der Waals surface area contributed by atoms with Crippen molar-refractivity contribution in [1.29, 1.82) is 0 Å². The van der Waals surface area contributed by atoms with Crippen LogP contribution in [0.3, 0.4) is 0 Å². The first-order valence-electron chi connectivity index (χ1n) is 11.4. The lowest BCUT2D eigenvalue weighted by molar-refractivity contribution is 0.0655. The van der Waals surface area contributed by atoms with Gasteiger partial charge in [-0.15, -0.1) is 0 Å². The molecular weight excluding hydrogens is 432 g/mol. The van der Waals surface area contributed by atoms with E-state index in [-0.39, 0.29) is 17.2 Å². The Balaban J connectivity index is 1.87. The molecule has 9 nitrogen and oxygen atoms in total. The average molecular weight is 461 g/mol. The van der Waals surface area contributed by atoms with Gasteiger partial charge < -0.3 is 15.2 Å². The third kappa shape index (κ3) is 4.60. The number of hydrogen-bond donors (Lipinski definition) is 1. The van der Waals surface area contributed by atoms with Crippen LogP contribution < -0.4 is 11.3 Å². The fraction of sp³-hybridized carbons (Fsp3) is 0.320. The predicted octanol–water partition coefficient (Wildman–Crippen LogP) is 3.08. The highest BCUT2D eigenvalue weighted by molar-refractivity contribution is 5.94. The monoisotopic (exact) mass is 460 g/mol. The number of amides is 1. The molecule has 3 aromatic heterocycles. The van der Waals surface area contributed by atoms with E-state index in [1.54, 1.807) is 40.9 Å². The molecule has 0 aliphatic carbocycles.